The molecule has 0 fully saturated rings. The molecule has 7 heteroatoms. The van der Waals surface area contributed by atoms with Gasteiger partial charge >= 0.3 is 5.97 Å². The molecule has 7 nitrogen and oxygen atoms in total. The summed E-state index contributed by atoms with van der Waals surface area (Å²) in [5.74, 6) is -1.73. The van der Waals surface area contributed by atoms with E-state index >= 15 is 0 Å². The molecule has 1 N–H and O–H groups in total. The first kappa shape index (κ1) is 15.6. The Kier molecular flexibility index (Phi) is 4.79. The number of rotatable bonds is 5. The maximum atomic E-state index is 12.3. The largest absolute Gasteiger partial charge is 0.478 e. The quantitative estimate of drug-likeness (QED) is 0.658. The van der Waals surface area contributed by atoms with Crippen LogP contribution in [0.3, 0.4) is 0 Å². The third-order valence-corrected chi connectivity index (χ3v) is 2.85. The van der Waals surface area contributed by atoms with Gasteiger partial charge in [-0.1, -0.05) is 0 Å². The predicted octanol–water partition coefficient (Wildman–Crippen LogP) is 2.16. The van der Waals surface area contributed by atoms with Gasteiger partial charge in [0.15, 0.2) is 0 Å². The number of aromatic carboxylic acids is 1. The van der Waals surface area contributed by atoms with E-state index in [1.54, 1.807) is 6.92 Å². The third-order valence-electron chi connectivity index (χ3n) is 2.85. The summed E-state index contributed by atoms with van der Waals surface area (Å²) >= 11 is 0. The summed E-state index contributed by atoms with van der Waals surface area (Å²) in [6.45, 7) is 5.85. The average molecular weight is 280 g/mol. The number of carbonyl (C=O) groups is 2. The van der Waals surface area contributed by atoms with Gasteiger partial charge in [-0.05, 0) is 26.8 Å². The Labute approximate surface area is 116 Å². The number of carboxylic acid groups (broad SMARTS) is 1. The van der Waals surface area contributed by atoms with E-state index in [4.69, 9.17) is 5.11 Å². The normalized spacial score (nSPS) is 10.4. The van der Waals surface area contributed by atoms with Gasteiger partial charge in [0.25, 0.3) is 11.6 Å². The summed E-state index contributed by atoms with van der Waals surface area (Å²) in [5, 5.41) is 19.8. The lowest BCUT2D eigenvalue weighted by molar-refractivity contribution is -0.384. The Morgan fingerprint density at radius 2 is 1.85 bits per heavy atom. The third kappa shape index (κ3) is 3.31. The van der Waals surface area contributed by atoms with Crippen molar-refractivity contribution in [3.8, 4) is 0 Å². The Morgan fingerprint density at radius 1 is 1.30 bits per heavy atom. The van der Waals surface area contributed by atoms with Crippen LogP contribution in [0, 0.1) is 10.1 Å². The second-order valence-corrected chi connectivity index (χ2v) is 4.52. The number of amides is 1. The molecule has 1 aromatic carbocycles. The topological polar surface area (TPSA) is 101 Å². The number of nitro benzene ring substituents is 1. The summed E-state index contributed by atoms with van der Waals surface area (Å²) in [5.41, 5.74) is -0.678. The number of benzene rings is 1. The molecule has 0 unspecified atom stereocenters. The van der Waals surface area contributed by atoms with Crippen molar-refractivity contribution in [2.75, 3.05) is 6.54 Å². The molecule has 0 saturated heterocycles. The molecular formula is C13H16N2O5. The highest BCUT2D eigenvalue weighted by Gasteiger charge is 2.22. The van der Waals surface area contributed by atoms with Crippen molar-refractivity contribution >= 4 is 17.6 Å². The van der Waals surface area contributed by atoms with Gasteiger partial charge in [-0.3, -0.25) is 14.9 Å². The number of non-ortho nitro benzene ring substituents is 1. The van der Waals surface area contributed by atoms with Crippen LogP contribution in [0.5, 0.6) is 0 Å². The van der Waals surface area contributed by atoms with Crippen LogP contribution in [0.4, 0.5) is 5.69 Å². The minimum atomic E-state index is -1.31. The lowest BCUT2D eigenvalue weighted by Gasteiger charge is -2.25. The molecule has 0 spiro atoms. The second kappa shape index (κ2) is 6.14. The Morgan fingerprint density at radius 3 is 2.25 bits per heavy atom. The lowest BCUT2D eigenvalue weighted by Crippen LogP contribution is -2.36. The SMILES string of the molecule is CCN(C(=O)c1cc(C(=O)O)cc([N+](=O)[O-])c1)C(C)C. The fraction of sp³-hybridized carbons (Fsp3) is 0.385. The van der Waals surface area contributed by atoms with Gasteiger partial charge in [0.1, 0.15) is 0 Å². The molecule has 0 bridgehead atoms. The smallest absolute Gasteiger partial charge is 0.335 e. The van der Waals surface area contributed by atoms with E-state index in [0.29, 0.717) is 6.54 Å². The van der Waals surface area contributed by atoms with Crippen molar-refractivity contribution in [3.05, 3.63) is 39.4 Å². The number of hydrogen-bond acceptors (Lipinski definition) is 4. The fourth-order valence-corrected chi connectivity index (χ4v) is 1.87. The molecule has 0 aliphatic heterocycles. The van der Waals surface area contributed by atoms with Crippen LogP contribution in [0.1, 0.15) is 41.5 Å². The minimum absolute atomic E-state index is 0.00662. The molecule has 0 aliphatic rings. The van der Waals surface area contributed by atoms with E-state index in [1.165, 1.54) is 4.90 Å². The van der Waals surface area contributed by atoms with Crippen LogP contribution in [0.15, 0.2) is 18.2 Å². The highest BCUT2D eigenvalue weighted by molar-refractivity contribution is 5.98. The van der Waals surface area contributed by atoms with Crippen LogP contribution in [0.2, 0.25) is 0 Å². The summed E-state index contributed by atoms with van der Waals surface area (Å²) in [7, 11) is 0. The van der Waals surface area contributed by atoms with Crippen LogP contribution in [-0.4, -0.2) is 39.4 Å². The monoisotopic (exact) mass is 280 g/mol. The molecule has 0 aliphatic carbocycles. The van der Waals surface area contributed by atoms with Crippen LogP contribution in [-0.2, 0) is 0 Å². The zero-order chi connectivity index (χ0) is 15.4. The van der Waals surface area contributed by atoms with E-state index in [0.717, 1.165) is 18.2 Å². The van der Waals surface area contributed by atoms with E-state index in [1.807, 2.05) is 13.8 Å². The Balaban J connectivity index is 3.33. The maximum absolute atomic E-state index is 12.3. The maximum Gasteiger partial charge on any atom is 0.335 e. The van der Waals surface area contributed by atoms with Crippen molar-refractivity contribution in [1.82, 2.24) is 4.90 Å². The van der Waals surface area contributed by atoms with Crippen LogP contribution in [0.25, 0.3) is 0 Å². The second-order valence-electron chi connectivity index (χ2n) is 4.52. The number of hydrogen-bond donors (Lipinski definition) is 1. The first-order valence-corrected chi connectivity index (χ1v) is 6.11. The molecule has 1 rings (SSSR count). The van der Waals surface area contributed by atoms with Gasteiger partial charge in [-0.25, -0.2) is 4.79 Å². The van der Waals surface area contributed by atoms with Gasteiger partial charge < -0.3 is 10.0 Å². The molecule has 0 aromatic heterocycles. The molecule has 1 amide bonds. The molecule has 0 atom stereocenters. The average Bonchev–Trinajstić information content (AvgIpc) is 2.38. The minimum Gasteiger partial charge on any atom is -0.478 e. The van der Waals surface area contributed by atoms with E-state index in [2.05, 4.69) is 0 Å². The molecular weight excluding hydrogens is 264 g/mol. The van der Waals surface area contributed by atoms with Crippen molar-refractivity contribution in [3.63, 3.8) is 0 Å². The molecule has 108 valence electrons. The zero-order valence-corrected chi connectivity index (χ0v) is 11.5. The molecule has 0 saturated carbocycles. The summed E-state index contributed by atoms with van der Waals surface area (Å²) in [6, 6.07) is 3.10. The predicted molar refractivity (Wildman–Crippen MR) is 71.9 cm³/mol. The molecule has 0 radical (unpaired) electrons. The zero-order valence-electron chi connectivity index (χ0n) is 11.5. The Hall–Kier alpha value is -2.44. The lowest BCUT2D eigenvalue weighted by atomic mass is 10.1. The van der Waals surface area contributed by atoms with Crippen LogP contribution < -0.4 is 0 Å². The summed E-state index contributed by atoms with van der Waals surface area (Å²) in [4.78, 5) is 34.9. The van der Waals surface area contributed by atoms with Crippen molar-refractivity contribution in [2.45, 2.75) is 26.8 Å². The van der Waals surface area contributed by atoms with E-state index in [9.17, 15) is 19.7 Å². The number of carbonyl (C=O) groups excluding carboxylic acids is 1. The number of nitro groups is 1. The van der Waals surface area contributed by atoms with Crippen LogP contribution >= 0.6 is 0 Å². The molecule has 0 heterocycles. The highest BCUT2D eigenvalue weighted by Crippen LogP contribution is 2.19. The number of carboxylic acids is 1. The van der Waals surface area contributed by atoms with Gasteiger partial charge in [-0.15, -0.1) is 0 Å². The van der Waals surface area contributed by atoms with Crippen molar-refractivity contribution in [2.24, 2.45) is 0 Å². The first-order valence-electron chi connectivity index (χ1n) is 6.11. The highest BCUT2D eigenvalue weighted by atomic mass is 16.6. The standard InChI is InChI=1S/C13H16N2O5/c1-4-14(8(2)3)12(16)9-5-10(13(17)18)7-11(6-9)15(19)20/h5-8H,4H2,1-3H3,(H,17,18). The first-order chi connectivity index (χ1) is 9.27. The van der Waals surface area contributed by atoms with Gasteiger partial charge in [0.2, 0.25) is 0 Å². The Bertz CT molecular complexity index is 521. The molecule has 20 heavy (non-hydrogen) atoms. The van der Waals surface area contributed by atoms with Crippen molar-refractivity contribution < 1.29 is 19.6 Å². The van der Waals surface area contributed by atoms with Crippen molar-refractivity contribution in [1.29, 1.82) is 0 Å². The van der Waals surface area contributed by atoms with E-state index in [-0.39, 0.29) is 17.2 Å². The van der Waals surface area contributed by atoms with Gasteiger partial charge in [-0.2, -0.15) is 0 Å². The van der Waals surface area contributed by atoms with E-state index < -0.39 is 22.5 Å². The summed E-state index contributed by atoms with van der Waals surface area (Å²) < 4.78 is 0. The van der Waals surface area contributed by atoms with Gasteiger partial charge in [0.05, 0.1) is 10.5 Å². The van der Waals surface area contributed by atoms with Gasteiger partial charge in [0, 0.05) is 30.3 Å². The molecule has 1 aromatic rings. The number of nitrogens with zero attached hydrogens (tertiary/aromatic N) is 2. The fourth-order valence-electron chi connectivity index (χ4n) is 1.87. The summed E-state index contributed by atoms with van der Waals surface area (Å²) in [6.07, 6.45) is 0.